The number of benzene rings is 2. The molecule has 0 aliphatic carbocycles. The van der Waals surface area contributed by atoms with E-state index < -0.39 is 11.9 Å². The van der Waals surface area contributed by atoms with Crippen LogP contribution in [0.1, 0.15) is 37.7 Å². The van der Waals surface area contributed by atoms with E-state index in [0.29, 0.717) is 27.2 Å². The molecule has 3 N–H and O–H groups in total. The first kappa shape index (κ1) is 23.8. The van der Waals surface area contributed by atoms with Crippen molar-refractivity contribution in [3.8, 4) is 11.4 Å². The number of amides is 1. The quantitative estimate of drug-likeness (QED) is 0.436. The standard InChI is InChI=1S/C25H21N3O6S/c1-13-8-15(14(2)28(13)19-10-16(23(30)31)9-17(11-19)24(32)33)12-21-22(29)27-25(35-21)26-18-4-6-20(34-3)7-5-18/h4-12H,1-3H3,(H,30,31)(H,32,33)(H,26,27,29)/b21-12-. The number of hydrogen-bond acceptors (Lipinski definition) is 6. The maximum Gasteiger partial charge on any atom is 0.335 e. The molecule has 0 atom stereocenters. The molecule has 1 aliphatic rings. The van der Waals surface area contributed by atoms with E-state index in [4.69, 9.17) is 4.74 Å². The van der Waals surface area contributed by atoms with Crippen LogP contribution in [0.25, 0.3) is 11.8 Å². The van der Waals surface area contributed by atoms with Gasteiger partial charge in [-0.2, -0.15) is 0 Å². The third-order valence-corrected chi connectivity index (χ3v) is 6.29. The lowest BCUT2D eigenvalue weighted by atomic mass is 10.1. The SMILES string of the molecule is COc1ccc(N=C2NC(=O)/C(=C/c3cc(C)n(-c4cc(C(=O)O)cc(C(=O)O)c4)c3C)S2)cc1. The minimum atomic E-state index is -1.22. The Balaban J connectivity index is 1.67. The molecule has 9 nitrogen and oxygen atoms in total. The summed E-state index contributed by atoms with van der Waals surface area (Å²) in [6, 6.07) is 12.9. The number of nitrogens with one attached hydrogen (secondary N) is 1. The molecule has 1 saturated heterocycles. The predicted octanol–water partition coefficient (Wildman–Crippen LogP) is 4.39. The van der Waals surface area contributed by atoms with Gasteiger partial charge in [-0.25, -0.2) is 14.6 Å². The average Bonchev–Trinajstić information content (AvgIpc) is 3.31. The number of aromatic nitrogens is 1. The zero-order valence-corrected chi connectivity index (χ0v) is 19.8. The smallest absolute Gasteiger partial charge is 0.335 e. The van der Waals surface area contributed by atoms with Crippen molar-refractivity contribution in [2.24, 2.45) is 4.99 Å². The number of carbonyl (C=O) groups excluding carboxylic acids is 1. The van der Waals surface area contributed by atoms with Crippen molar-refractivity contribution in [1.29, 1.82) is 0 Å². The van der Waals surface area contributed by atoms with Crippen LogP contribution in [-0.4, -0.2) is 44.9 Å². The van der Waals surface area contributed by atoms with Gasteiger partial charge in [-0.3, -0.25) is 4.79 Å². The number of carbonyl (C=O) groups is 3. The van der Waals surface area contributed by atoms with Crippen LogP contribution < -0.4 is 10.1 Å². The number of rotatable bonds is 6. The second-order valence-electron chi connectivity index (χ2n) is 7.72. The van der Waals surface area contributed by atoms with Crippen LogP contribution in [0.4, 0.5) is 5.69 Å². The first-order valence-corrected chi connectivity index (χ1v) is 11.2. The van der Waals surface area contributed by atoms with Crippen molar-refractivity contribution in [2.45, 2.75) is 13.8 Å². The first-order valence-electron chi connectivity index (χ1n) is 10.4. The lowest BCUT2D eigenvalue weighted by Gasteiger charge is -2.12. The van der Waals surface area contributed by atoms with E-state index in [0.717, 1.165) is 23.0 Å². The van der Waals surface area contributed by atoms with Gasteiger partial charge >= 0.3 is 11.9 Å². The van der Waals surface area contributed by atoms with E-state index in [2.05, 4.69) is 10.3 Å². The average molecular weight is 492 g/mol. The molecule has 1 aromatic heterocycles. The summed E-state index contributed by atoms with van der Waals surface area (Å²) in [6.07, 6.45) is 1.73. The minimum absolute atomic E-state index is 0.127. The molecule has 0 spiro atoms. The first-order chi connectivity index (χ1) is 16.7. The Labute approximate surface area is 204 Å². The molecule has 1 aliphatic heterocycles. The molecule has 0 saturated carbocycles. The van der Waals surface area contributed by atoms with E-state index in [1.807, 2.05) is 19.9 Å². The van der Waals surface area contributed by atoms with Crippen LogP contribution in [0, 0.1) is 13.8 Å². The number of amidine groups is 1. The van der Waals surface area contributed by atoms with Crippen LogP contribution in [0.2, 0.25) is 0 Å². The molecule has 178 valence electrons. The maximum absolute atomic E-state index is 12.6. The number of thioether (sulfide) groups is 1. The monoisotopic (exact) mass is 491 g/mol. The number of carboxylic acid groups (broad SMARTS) is 2. The van der Waals surface area contributed by atoms with Crippen molar-refractivity contribution in [3.05, 3.63) is 81.5 Å². The van der Waals surface area contributed by atoms with Crippen LogP contribution in [0.15, 0.2) is 58.4 Å². The van der Waals surface area contributed by atoms with Gasteiger partial charge in [-0.05, 0) is 85.8 Å². The van der Waals surface area contributed by atoms with Crippen LogP contribution in [0.5, 0.6) is 5.75 Å². The molecule has 4 rings (SSSR count). The minimum Gasteiger partial charge on any atom is -0.497 e. The molecule has 1 fully saturated rings. The van der Waals surface area contributed by atoms with Gasteiger partial charge in [0.25, 0.3) is 5.91 Å². The van der Waals surface area contributed by atoms with Gasteiger partial charge in [0.2, 0.25) is 0 Å². The van der Waals surface area contributed by atoms with E-state index in [-0.39, 0.29) is 17.0 Å². The van der Waals surface area contributed by atoms with Crippen LogP contribution in [-0.2, 0) is 4.79 Å². The molecule has 3 aromatic rings. The largest absolute Gasteiger partial charge is 0.497 e. The van der Waals surface area contributed by atoms with Crippen molar-refractivity contribution >= 4 is 46.5 Å². The third kappa shape index (κ3) is 4.97. The molecule has 0 unspecified atom stereocenters. The number of aliphatic imine (C=N–C) groups is 1. The summed E-state index contributed by atoms with van der Waals surface area (Å²) in [7, 11) is 1.58. The number of ether oxygens (including phenoxy) is 1. The highest BCUT2D eigenvalue weighted by Gasteiger charge is 2.25. The van der Waals surface area contributed by atoms with Gasteiger partial charge in [-0.1, -0.05) is 0 Å². The van der Waals surface area contributed by atoms with Crippen molar-refractivity contribution in [1.82, 2.24) is 9.88 Å². The highest BCUT2D eigenvalue weighted by atomic mass is 32.2. The van der Waals surface area contributed by atoms with E-state index in [9.17, 15) is 24.6 Å². The highest BCUT2D eigenvalue weighted by molar-refractivity contribution is 8.18. The maximum atomic E-state index is 12.6. The van der Waals surface area contributed by atoms with Gasteiger partial charge in [0.1, 0.15) is 5.75 Å². The van der Waals surface area contributed by atoms with Crippen LogP contribution in [0.3, 0.4) is 0 Å². The predicted molar refractivity (Wildman–Crippen MR) is 133 cm³/mol. The summed E-state index contributed by atoms with van der Waals surface area (Å²) in [5.41, 5.74) is 3.04. The molecular weight excluding hydrogens is 470 g/mol. The summed E-state index contributed by atoms with van der Waals surface area (Å²) < 4.78 is 6.90. The molecule has 35 heavy (non-hydrogen) atoms. The topological polar surface area (TPSA) is 130 Å². The summed E-state index contributed by atoms with van der Waals surface area (Å²) >= 11 is 1.21. The van der Waals surface area contributed by atoms with E-state index in [1.54, 1.807) is 42.0 Å². The second-order valence-corrected chi connectivity index (χ2v) is 8.75. The molecule has 1 amide bonds. The van der Waals surface area contributed by atoms with Crippen molar-refractivity contribution in [3.63, 3.8) is 0 Å². The molecule has 2 heterocycles. The number of aryl methyl sites for hydroxylation is 1. The molecule has 10 heteroatoms. The number of aromatic carboxylic acids is 2. The number of hydrogen-bond donors (Lipinski definition) is 3. The number of nitrogens with zero attached hydrogens (tertiary/aromatic N) is 2. The summed E-state index contributed by atoms with van der Waals surface area (Å²) in [4.78, 5) is 40.5. The molecule has 0 radical (unpaired) electrons. The summed E-state index contributed by atoms with van der Waals surface area (Å²) in [5.74, 6) is -2.02. The van der Waals surface area contributed by atoms with Gasteiger partial charge in [0.15, 0.2) is 5.17 Å². The van der Waals surface area contributed by atoms with E-state index in [1.165, 1.54) is 23.9 Å². The van der Waals surface area contributed by atoms with Crippen LogP contribution >= 0.6 is 11.8 Å². The third-order valence-electron chi connectivity index (χ3n) is 5.38. The Kier molecular flexibility index (Phi) is 6.48. The van der Waals surface area contributed by atoms with Gasteiger partial charge in [-0.15, -0.1) is 0 Å². The second kappa shape index (κ2) is 9.51. The molecule has 0 bridgehead atoms. The van der Waals surface area contributed by atoms with Gasteiger partial charge in [0, 0.05) is 17.1 Å². The Morgan fingerprint density at radius 1 is 1.03 bits per heavy atom. The van der Waals surface area contributed by atoms with Crippen molar-refractivity contribution in [2.75, 3.05) is 7.11 Å². The van der Waals surface area contributed by atoms with E-state index >= 15 is 0 Å². The Morgan fingerprint density at radius 3 is 2.23 bits per heavy atom. The van der Waals surface area contributed by atoms with Crippen molar-refractivity contribution < 1.29 is 29.3 Å². The lowest BCUT2D eigenvalue weighted by molar-refractivity contribution is -0.115. The number of methoxy groups -OCH3 is 1. The Morgan fingerprint density at radius 2 is 1.66 bits per heavy atom. The zero-order chi connectivity index (χ0) is 25.3. The Hall–Kier alpha value is -4.31. The molecular formula is C25H21N3O6S. The fourth-order valence-electron chi connectivity index (χ4n) is 3.71. The normalized spacial score (nSPS) is 15.5. The highest BCUT2D eigenvalue weighted by Crippen LogP contribution is 2.31. The summed E-state index contributed by atoms with van der Waals surface area (Å²) in [5, 5.41) is 22.0. The fraction of sp³-hybridized carbons (Fsp3) is 0.120. The Bertz CT molecular complexity index is 1390. The fourth-order valence-corrected chi connectivity index (χ4v) is 4.55. The zero-order valence-electron chi connectivity index (χ0n) is 19.0. The lowest BCUT2D eigenvalue weighted by Crippen LogP contribution is -2.19. The summed E-state index contributed by atoms with van der Waals surface area (Å²) in [6.45, 7) is 3.64. The van der Waals surface area contributed by atoms with Gasteiger partial charge in [0.05, 0.1) is 28.8 Å². The van der Waals surface area contributed by atoms with Gasteiger partial charge < -0.3 is 24.8 Å². The number of carboxylic acids is 2. The molecule has 2 aromatic carbocycles.